The highest BCUT2D eigenvalue weighted by atomic mass is 16.2. The van der Waals surface area contributed by atoms with E-state index >= 15 is 0 Å². The predicted octanol–water partition coefficient (Wildman–Crippen LogP) is 1.35. The predicted molar refractivity (Wildman–Crippen MR) is 83.6 cm³/mol. The molecule has 2 aromatic carbocycles. The van der Waals surface area contributed by atoms with Crippen LogP contribution in [0.1, 0.15) is 26.4 Å². The van der Waals surface area contributed by atoms with Crippen molar-refractivity contribution < 1.29 is 9.59 Å². The summed E-state index contributed by atoms with van der Waals surface area (Å²) in [4.78, 5) is 26.7. The van der Waals surface area contributed by atoms with E-state index in [0.717, 1.165) is 5.39 Å². The summed E-state index contributed by atoms with van der Waals surface area (Å²) in [5.74, 6) is -0.686. The van der Waals surface area contributed by atoms with Gasteiger partial charge in [-0.1, -0.05) is 17.3 Å². The molecule has 2 N–H and O–H groups in total. The summed E-state index contributed by atoms with van der Waals surface area (Å²) in [5, 5.41) is 9.12. The zero-order chi connectivity index (χ0) is 16.1. The van der Waals surface area contributed by atoms with Gasteiger partial charge in [-0.25, -0.2) is 0 Å². The molecule has 0 radical (unpaired) electrons. The lowest BCUT2D eigenvalue weighted by Gasteiger charge is -2.26. The number of aromatic nitrogens is 3. The van der Waals surface area contributed by atoms with Crippen LogP contribution >= 0.6 is 0 Å². The summed E-state index contributed by atoms with van der Waals surface area (Å²) in [5.41, 5.74) is 8.03. The van der Waals surface area contributed by atoms with Crippen LogP contribution in [0.5, 0.6) is 0 Å². The Balaban J connectivity index is 1.87. The maximum absolute atomic E-state index is 12.7. The highest BCUT2D eigenvalue weighted by Crippen LogP contribution is 2.33. The van der Waals surface area contributed by atoms with Gasteiger partial charge in [0.1, 0.15) is 5.69 Å². The van der Waals surface area contributed by atoms with Gasteiger partial charge < -0.3 is 5.73 Å². The number of anilines is 1. The molecule has 2 heterocycles. The highest BCUT2D eigenvalue weighted by molar-refractivity contribution is 6.26. The Morgan fingerprint density at radius 3 is 2.52 bits per heavy atom. The lowest BCUT2D eigenvalue weighted by Crippen LogP contribution is -2.39. The first kappa shape index (κ1) is 13.4. The van der Waals surface area contributed by atoms with Gasteiger partial charge in [0.25, 0.3) is 11.8 Å². The van der Waals surface area contributed by atoms with Crippen molar-refractivity contribution in [3.63, 3.8) is 0 Å². The van der Waals surface area contributed by atoms with E-state index in [0.29, 0.717) is 27.9 Å². The first-order valence-electron chi connectivity index (χ1n) is 7.09. The lowest BCUT2D eigenvalue weighted by atomic mass is 9.93. The molecule has 1 aliphatic rings. The maximum Gasteiger partial charge on any atom is 0.261 e. The zero-order valence-electron chi connectivity index (χ0n) is 12.4. The lowest BCUT2D eigenvalue weighted by molar-refractivity contribution is 0.0596. The monoisotopic (exact) mass is 307 g/mol. The Morgan fingerprint density at radius 1 is 1.09 bits per heavy atom. The summed E-state index contributed by atoms with van der Waals surface area (Å²) in [7, 11) is 1.73. The second-order valence-corrected chi connectivity index (χ2v) is 5.51. The normalized spacial score (nSPS) is 13.9. The summed E-state index contributed by atoms with van der Waals surface area (Å²) < 4.78 is 1.53. The molecule has 4 rings (SSSR count). The van der Waals surface area contributed by atoms with Crippen LogP contribution in [-0.4, -0.2) is 31.7 Å². The van der Waals surface area contributed by atoms with E-state index < -0.39 is 0 Å². The van der Waals surface area contributed by atoms with Crippen LogP contribution in [0, 0.1) is 0 Å². The molecule has 0 bridgehead atoms. The van der Waals surface area contributed by atoms with E-state index in [2.05, 4.69) is 10.3 Å². The van der Waals surface area contributed by atoms with Gasteiger partial charge in [-0.3, -0.25) is 19.2 Å². The fourth-order valence-electron chi connectivity index (χ4n) is 2.94. The minimum absolute atomic E-state index is 0.0890. The third-order valence-corrected chi connectivity index (χ3v) is 4.00. The molecule has 0 unspecified atom stereocenters. The number of nitrogens with two attached hydrogens (primary N) is 1. The fourth-order valence-corrected chi connectivity index (χ4v) is 2.94. The minimum atomic E-state index is -0.343. The second kappa shape index (κ2) is 4.64. The van der Waals surface area contributed by atoms with Crippen molar-refractivity contribution in [3.05, 3.63) is 53.3 Å². The van der Waals surface area contributed by atoms with Crippen LogP contribution in [0.2, 0.25) is 0 Å². The molecule has 0 fully saturated rings. The summed E-state index contributed by atoms with van der Waals surface area (Å²) in [6.07, 6.45) is 1.68. The van der Waals surface area contributed by atoms with Crippen LogP contribution in [0.3, 0.4) is 0 Å². The third-order valence-electron chi connectivity index (χ3n) is 4.00. The molecule has 23 heavy (non-hydrogen) atoms. The molecule has 1 aromatic heterocycles. The van der Waals surface area contributed by atoms with Crippen LogP contribution in [-0.2, 0) is 13.6 Å². The van der Waals surface area contributed by atoms with Gasteiger partial charge in [-0.15, -0.1) is 5.10 Å². The van der Waals surface area contributed by atoms with E-state index in [1.54, 1.807) is 37.5 Å². The van der Waals surface area contributed by atoms with Crippen LogP contribution in [0.25, 0.3) is 10.8 Å². The summed E-state index contributed by atoms with van der Waals surface area (Å²) in [6, 6.07) is 8.65. The van der Waals surface area contributed by atoms with Gasteiger partial charge in [0.2, 0.25) is 0 Å². The Morgan fingerprint density at radius 2 is 1.83 bits per heavy atom. The molecular weight excluding hydrogens is 294 g/mol. The number of nitrogens with zero attached hydrogens (tertiary/aromatic N) is 4. The van der Waals surface area contributed by atoms with Crippen LogP contribution in [0.4, 0.5) is 5.69 Å². The minimum Gasteiger partial charge on any atom is -0.398 e. The molecule has 0 saturated heterocycles. The Kier molecular flexibility index (Phi) is 2.71. The van der Waals surface area contributed by atoms with Gasteiger partial charge in [-0.05, 0) is 18.2 Å². The topological polar surface area (TPSA) is 94.1 Å². The van der Waals surface area contributed by atoms with Crippen molar-refractivity contribution in [3.8, 4) is 0 Å². The molecular formula is C16H13N5O2. The molecule has 2 amide bonds. The smallest absolute Gasteiger partial charge is 0.261 e. The average Bonchev–Trinajstić information content (AvgIpc) is 2.96. The highest BCUT2D eigenvalue weighted by Gasteiger charge is 2.33. The molecule has 7 heteroatoms. The molecule has 114 valence electrons. The molecule has 0 aliphatic carbocycles. The molecule has 1 aliphatic heterocycles. The van der Waals surface area contributed by atoms with Crippen LogP contribution < -0.4 is 5.73 Å². The van der Waals surface area contributed by atoms with Gasteiger partial charge in [-0.2, -0.15) is 0 Å². The number of benzene rings is 2. The number of hydrogen-bond acceptors (Lipinski definition) is 5. The quantitative estimate of drug-likeness (QED) is 0.569. The number of aryl methyl sites for hydroxylation is 1. The van der Waals surface area contributed by atoms with Crippen molar-refractivity contribution in [1.29, 1.82) is 0 Å². The van der Waals surface area contributed by atoms with Crippen molar-refractivity contribution in [2.24, 2.45) is 7.05 Å². The van der Waals surface area contributed by atoms with Crippen molar-refractivity contribution in [2.45, 2.75) is 6.54 Å². The Bertz CT molecular complexity index is 954. The van der Waals surface area contributed by atoms with E-state index in [9.17, 15) is 9.59 Å². The number of nitrogen functional groups attached to an aromatic ring is 1. The Hall–Kier alpha value is -3.22. The van der Waals surface area contributed by atoms with Crippen molar-refractivity contribution in [2.75, 3.05) is 5.73 Å². The van der Waals surface area contributed by atoms with E-state index in [1.807, 2.05) is 6.07 Å². The number of carbonyl (C=O) groups excluding carboxylic acids is 2. The van der Waals surface area contributed by atoms with Crippen molar-refractivity contribution >= 4 is 28.3 Å². The Labute approximate surface area is 131 Å². The first-order valence-corrected chi connectivity index (χ1v) is 7.09. The molecule has 7 nitrogen and oxygen atoms in total. The standard InChI is InChI=1S/C16H13N5O2/c1-20-7-9(18-19-20)8-21-15(22)11-4-2-3-10-13(17)6-5-12(14(10)11)16(21)23/h2-7H,8,17H2,1H3. The molecule has 0 spiro atoms. The largest absolute Gasteiger partial charge is 0.398 e. The van der Waals surface area contributed by atoms with E-state index in [4.69, 9.17) is 5.73 Å². The molecule has 0 saturated carbocycles. The van der Waals surface area contributed by atoms with Crippen LogP contribution in [0.15, 0.2) is 36.5 Å². The number of hydrogen-bond donors (Lipinski definition) is 1. The van der Waals surface area contributed by atoms with Gasteiger partial charge in [0.15, 0.2) is 0 Å². The van der Waals surface area contributed by atoms with Gasteiger partial charge in [0.05, 0.1) is 6.54 Å². The third kappa shape index (κ3) is 1.90. The first-order chi connectivity index (χ1) is 11.1. The average molecular weight is 307 g/mol. The fraction of sp³-hybridized carbons (Fsp3) is 0.125. The number of amides is 2. The number of imide groups is 1. The second-order valence-electron chi connectivity index (χ2n) is 5.51. The van der Waals surface area contributed by atoms with E-state index in [1.165, 1.54) is 9.58 Å². The molecule has 3 aromatic rings. The van der Waals surface area contributed by atoms with Crippen molar-refractivity contribution in [1.82, 2.24) is 19.9 Å². The summed E-state index contributed by atoms with van der Waals surface area (Å²) >= 11 is 0. The maximum atomic E-state index is 12.7. The summed E-state index contributed by atoms with van der Waals surface area (Å²) in [6.45, 7) is 0.0890. The number of carbonyl (C=O) groups is 2. The zero-order valence-corrected chi connectivity index (χ0v) is 12.4. The number of rotatable bonds is 2. The molecule has 0 atom stereocenters. The van der Waals surface area contributed by atoms with Gasteiger partial charge >= 0.3 is 0 Å². The SMILES string of the molecule is Cn1cc(CN2C(=O)c3cccc4c(N)ccc(c34)C2=O)nn1. The van der Waals surface area contributed by atoms with E-state index in [-0.39, 0.29) is 18.4 Å². The van der Waals surface area contributed by atoms with Gasteiger partial charge in [0, 0.05) is 40.8 Å².